The van der Waals surface area contributed by atoms with Crippen LogP contribution in [0, 0.1) is 0 Å². The number of carbonyl (C=O) groups is 1. The molecule has 0 saturated carbocycles. The van der Waals surface area contributed by atoms with Gasteiger partial charge in [0.2, 0.25) is 5.91 Å². The Kier molecular flexibility index (Phi) is 3.38. The topological polar surface area (TPSA) is 89.8 Å². The summed E-state index contributed by atoms with van der Waals surface area (Å²) >= 11 is 0. The van der Waals surface area contributed by atoms with Crippen LogP contribution in [-0.4, -0.2) is 25.9 Å². The molecule has 0 aliphatic carbocycles. The van der Waals surface area contributed by atoms with Gasteiger partial charge in [0, 0.05) is 6.20 Å². The van der Waals surface area contributed by atoms with E-state index >= 15 is 0 Å². The molecule has 104 valence electrons. The third-order valence-corrected chi connectivity index (χ3v) is 2.86. The highest BCUT2D eigenvalue weighted by Crippen LogP contribution is 2.04. The highest BCUT2D eigenvalue weighted by Gasteiger charge is 2.09. The standard InChI is InChI=1S/C14H11N5O2/c20-13(16-12-7-3-4-8-15-12)9-19-14(21)10-5-1-2-6-11(10)17-18-19/h1-8H,9H2,(H,15,16,20). The van der Waals surface area contributed by atoms with Gasteiger partial charge >= 0.3 is 0 Å². The van der Waals surface area contributed by atoms with Crippen molar-refractivity contribution in [2.75, 3.05) is 5.32 Å². The predicted molar refractivity (Wildman–Crippen MR) is 76.7 cm³/mol. The lowest BCUT2D eigenvalue weighted by Gasteiger charge is -2.05. The Balaban J connectivity index is 1.83. The van der Waals surface area contributed by atoms with E-state index in [2.05, 4.69) is 20.6 Å². The normalized spacial score (nSPS) is 10.5. The highest BCUT2D eigenvalue weighted by atomic mass is 16.2. The summed E-state index contributed by atoms with van der Waals surface area (Å²) in [4.78, 5) is 28.1. The molecule has 7 heteroatoms. The Labute approximate surface area is 119 Å². The number of fused-ring (bicyclic) bond motifs is 1. The van der Waals surface area contributed by atoms with E-state index in [-0.39, 0.29) is 18.0 Å². The lowest BCUT2D eigenvalue weighted by Crippen LogP contribution is -2.30. The van der Waals surface area contributed by atoms with Crippen molar-refractivity contribution in [2.45, 2.75) is 6.54 Å². The van der Waals surface area contributed by atoms with E-state index < -0.39 is 0 Å². The molecular formula is C14H11N5O2. The van der Waals surface area contributed by atoms with Gasteiger partial charge in [-0.05, 0) is 24.3 Å². The zero-order valence-corrected chi connectivity index (χ0v) is 10.9. The first-order valence-corrected chi connectivity index (χ1v) is 6.27. The predicted octanol–water partition coefficient (Wildman–Crippen LogP) is 0.825. The maximum atomic E-state index is 12.2. The van der Waals surface area contributed by atoms with Crippen molar-refractivity contribution in [3.63, 3.8) is 0 Å². The molecule has 7 nitrogen and oxygen atoms in total. The lowest BCUT2D eigenvalue weighted by atomic mass is 10.2. The second-order valence-electron chi connectivity index (χ2n) is 4.33. The first kappa shape index (κ1) is 12.9. The van der Waals surface area contributed by atoms with E-state index in [4.69, 9.17) is 0 Å². The maximum Gasteiger partial charge on any atom is 0.278 e. The van der Waals surface area contributed by atoms with Gasteiger partial charge < -0.3 is 5.32 Å². The molecule has 0 unspecified atom stereocenters. The summed E-state index contributed by atoms with van der Waals surface area (Å²) in [5.74, 6) is 0.0321. The van der Waals surface area contributed by atoms with Crippen molar-refractivity contribution in [2.24, 2.45) is 0 Å². The van der Waals surface area contributed by atoms with E-state index in [1.165, 1.54) is 0 Å². The van der Waals surface area contributed by atoms with Crippen molar-refractivity contribution >= 4 is 22.6 Å². The van der Waals surface area contributed by atoms with Gasteiger partial charge in [-0.3, -0.25) is 9.59 Å². The number of hydrogen-bond donors (Lipinski definition) is 1. The third kappa shape index (κ3) is 2.76. The smallest absolute Gasteiger partial charge is 0.278 e. The quantitative estimate of drug-likeness (QED) is 0.767. The van der Waals surface area contributed by atoms with E-state index in [0.717, 1.165) is 4.68 Å². The third-order valence-electron chi connectivity index (χ3n) is 2.86. The summed E-state index contributed by atoms with van der Waals surface area (Å²) in [6, 6.07) is 12.0. The fraction of sp³-hybridized carbons (Fsp3) is 0.0714. The number of rotatable bonds is 3. The molecule has 0 bridgehead atoms. The Morgan fingerprint density at radius 1 is 1.14 bits per heavy atom. The summed E-state index contributed by atoms with van der Waals surface area (Å²) < 4.78 is 1.03. The van der Waals surface area contributed by atoms with Crippen LogP contribution in [0.4, 0.5) is 5.82 Å². The second kappa shape index (κ2) is 5.49. The van der Waals surface area contributed by atoms with Crippen LogP contribution in [0.15, 0.2) is 53.5 Å². The monoisotopic (exact) mass is 281 g/mol. The molecule has 0 saturated heterocycles. The van der Waals surface area contributed by atoms with Crippen LogP contribution in [0.1, 0.15) is 0 Å². The van der Waals surface area contributed by atoms with Gasteiger partial charge in [0.05, 0.1) is 5.39 Å². The molecule has 2 heterocycles. The van der Waals surface area contributed by atoms with Crippen LogP contribution in [0.3, 0.4) is 0 Å². The van der Waals surface area contributed by atoms with Crippen LogP contribution in [-0.2, 0) is 11.3 Å². The molecule has 1 N–H and O–H groups in total. The van der Waals surface area contributed by atoms with Gasteiger partial charge in [-0.2, -0.15) is 0 Å². The first-order valence-electron chi connectivity index (χ1n) is 6.27. The lowest BCUT2D eigenvalue weighted by molar-refractivity contribution is -0.117. The minimum atomic E-state index is -0.389. The number of anilines is 1. The number of hydrogen-bond acceptors (Lipinski definition) is 5. The van der Waals surface area contributed by atoms with Gasteiger partial charge in [-0.1, -0.05) is 23.4 Å². The molecule has 0 fully saturated rings. The number of nitrogens with one attached hydrogen (secondary N) is 1. The van der Waals surface area contributed by atoms with Crippen LogP contribution >= 0.6 is 0 Å². The molecule has 1 aromatic carbocycles. The molecule has 0 radical (unpaired) electrons. The van der Waals surface area contributed by atoms with Crippen molar-refractivity contribution in [1.29, 1.82) is 0 Å². The summed E-state index contributed by atoms with van der Waals surface area (Å²) in [7, 11) is 0. The van der Waals surface area contributed by atoms with Gasteiger partial charge in [-0.15, -0.1) is 5.10 Å². The Bertz CT molecular complexity index is 845. The highest BCUT2D eigenvalue weighted by molar-refractivity contribution is 5.89. The number of nitrogens with zero attached hydrogens (tertiary/aromatic N) is 4. The molecule has 0 aliphatic heterocycles. The van der Waals surface area contributed by atoms with Crippen molar-refractivity contribution in [3.05, 3.63) is 59.0 Å². The van der Waals surface area contributed by atoms with Crippen LogP contribution in [0.25, 0.3) is 10.9 Å². The first-order chi connectivity index (χ1) is 10.2. The molecule has 2 aromatic heterocycles. The second-order valence-corrected chi connectivity index (χ2v) is 4.33. The fourth-order valence-electron chi connectivity index (χ4n) is 1.88. The van der Waals surface area contributed by atoms with E-state index in [9.17, 15) is 9.59 Å². The van der Waals surface area contributed by atoms with Gasteiger partial charge in [-0.25, -0.2) is 9.67 Å². The van der Waals surface area contributed by atoms with E-state index in [1.54, 1.807) is 48.7 Å². The minimum Gasteiger partial charge on any atom is -0.309 e. The molecule has 3 aromatic rings. The van der Waals surface area contributed by atoms with Gasteiger partial charge in [0.1, 0.15) is 17.9 Å². The van der Waals surface area contributed by atoms with Gasteiger partial charge in [0.15, 0.2) is 0 Å². The number of amides is 1. The molecule has 0 spiro atoms. The summed E-state index contributed by atoms with van der Waals surface area (Å²) in [6.07, 6.45) is 1.57. The maximum absolute atomic E-state index is 12.2. The molecule has 1 amide bonds. The Hall–Kier alpha value is -3.09. The van der Waals surface area contributed by atoms with Gasteiger partial charge in [0.25, 0.3) is 5.56 Å². The zero-order valence-electron chi connectivity index (χ0n) is 10.9. The molecule has 3 rings (SSSR count). The fourth-order valence-corrected chi connectivity index (χ4v) is 1.88. The molecule has 0 atom stereocenters. The summed E-state index contributed by atoms with van der Waals surface area (Å²) in [5.41, 5.74) is 0.153. The summed E-state index contributed by atoms with van der Waals surface area (Å²) in [6.45, 7) is -0.215. The van der Waals surface area contributed by atoms with E-state index in [1.807, 2.05) is 0 Å². The molecule has 21 heavy (non-hydrogen) atoms. The van der Waals surface area contributed by atoms with E-state index in [0.29, 0.717) is 16.7 Å². The Morgan fingerprint density at radius 3 is 2.76 bits per heavy atom. The van der Waals surface area contributed by atoms with Crippen molar-refractivity contribution in [1.82, 2.24) is 20.0 Å². The molecule has 0 aliphatic rings. The number of aromatic nitrogens is 4. The van der Waals surface area contributed by atoms with Crippen molar-refractivity contribution in [3.8, 4) is 0 Å². The zero-order chi connectivity index (χ0) is 14.7. The number of carbonyl (C=O) groups excluding carboxylic acids is 1. The number of pyridine rings is 1. The average Bonchev–Trinajstić information content (AvgIpc) is 2.51. The Morgan fingerprint density at radius 2 is 1.95 bits per heavy atom. The van der Waals surface area contributed by atoms with Crippen LogP contribution in [0.2, 0.25) is 0 Å². The minimum absolute atomic E-state index is 0.215. The number of benzene rings is 1. The largest absolute Gasteiger partial charge is 0.309 e. The average molecular weight is 281 g/mol. The molecular weight excluding hydrogens is 270 g/mol. The summed E-state index contributed by atoms with van der Waals surface area (Å²) in [5, 5.41) is 10.7. The van der Waals surface area contributed by atoms with Crippen LogP contribution in [0.5, 0.6) is 0 Å². The SMILES string of the molecule is O=C(Cn1nnc2ccccc2c1=O)Nc1ccccn1. The van der Waals surface area contributed by atoms with Crippen molar-refractivity contribution < 1.29 is 4.79 Å². The van der Waals surface area contributed by atoms with Crippen LogP contribution < -0.4 is 10.9 Å².